The van der Waals surface area contributed by atoms with Crippen molar-refractivity contribution in [1.82, 2.24) is 20.5 Å². The molecule has 3 amide bonds. The van der Waals surface area contributed by atoms with Crippen molar-refractivity contribution in [3.8, 4) is 10.8 Å². The number of benzene rings is 1. The summed E-state index contributed by atoms with van der Waals surface area (Å²) in [6.45, 7) is 1.20. The molecule has 2 aromatic heterocycles. The highest BCUT2D eigenvalue weighted by Gasteiger charge is 2.29. The SMILES string of the molecule is O=C1C[C@H](c2ccccc2)N(C(=O)NCc2csc(-c3ccco3)n2)CCN1. The minimum Gasteiger partial charge on any atom is -0.462 e. The van der Waals surface area contributed by atoms with E-state index in [0.29, 0.717) is 25.4 Å². The number of aromatic nitrogens is 1. The Bertz CT molecular complexity index is 940. The van der Waals surface area contributed by atoms with Gasteiger partial charge in [-0.15, -0.1) is 11.3 Å². The van der Waals surface area contributed by atoms with Gasteiger partial charge < -0.3 is 20.0 Å². The maximum Gasteiger partial charge on any atom is 0.318 e. The molecule has 1 aromatic carbocycles. The van der Waals surface area contributed by atoms with E-state index in [-0.39, 0.29) is 24.4 Å². The van der Waals surface area contributed by atoms with E-state index in [1.165, 1.54) is 11.3 Å². The summed E-state index contributed by atoms with van der Waals surface area (Å²) in [6, 6.07) is 12.8. The number of nitrogens with one attached hydrogen (secondary N) is 2. The number of hydrogen-bond donors (Lipinski definition) is 2. The number of nitrogens with zero attached hydrogens (tertiary/aromatic N) is 2. The number of amides is 3. The Balaban J connectivity index is 1.45. The Hall–Kier alpha value is -3.13. The molecule has 2 N–H and O–H groups in total. The zero-order chi connectivity index (χ0) is 19.3. The molecule has 28 heavy (non-hydrogen) atoms. The molecule has 8 heteroatoms. The lowest BCUT2D eigenvalue weighted by molar-refractivity contribution is -0.121. The summed E-state index contributed by atoms with van der Waals surface area (Å²) in [4.78, 5) is 31.1. The van der Waals surface area contributed by atoms with Gasteiger partial charge in [0.1, 0.15) is 0 Å². The van der Waals surface area contributed by atoms with Crippen molar-refractivity contribution in [1.29, 1.82) is 0 Å². The number of rotatable bonds is 4. The van der Waals surface area contributed by atoms with Gasteiger partial charge in [-0.1, -0.05) is 30.3 Å². The molecule has 3 heterocycles. The third-order valence-electron chi connectivity index (χ3n) is 4.58. The van der Waals surface area contributed by atoms with Gasteiger partial charge in [0.25, 0.3) is 0 Å². The van der Waals surface area contributed by atoms with E-state index in [1.807, 2.05) is 47.8 Å². The standard InChI is InChI=1S/C20H20N4O3S/c25-18-11-16(14-5-2-1-3-6-14)24(9-8-21-18)20(26)22-12-15-13-28-19(23-15)17-7-4-10-27-17/h1-7,10,13,16H,8-9,11-12H2,(H,21,25)(H,22,26)/t16-/m1/s1. The van der Waals surface area contributed by atoms with E-state index in [1.54, 1.807) is 11.2 Å². The average Bonchev–Trinajstić information content (AvgIpc) is 3.37. The van der Waals surface area contributed by atoms with E-state index in [0.717, 1.165) is 16.3 Å². The number of furan rings is 1. The fraction of sp³-hybridized carbons (Fsp3) is 0.250. The molecule has 144 valence electrons. The summed E-state index contributed by atoms with van der Waals surface area (Å²) < 4.78 is 5.35. The van der Waals surface area contributed by atoms with Gasteiger partial charge in [-0.25, -0.2) is 9.78 Å². The summed E-state index contributed by atoms with van der Waals surface area (Å²) >= 11 is 1.47. The zero-order valence-electron chi connectivity index (χ0n) is 15.1. The number of thiazole rings is 1. The van der Waals surface area contributed by atoms with Crippen LogP contribution >= 0.6 is 11.3 Å². The second-order valence-electron chi connectivity index (χ2n) is 6.45. The predicted molar refractivity (Wildman–Crippen MR) is 106 cm³/mol. The zero-order valence-corrected chi connectivity index (χ0v) is 15.9. The Morgan fingerprint density at radius 2 is 2.14 bits per heavy atom. The monoisotopic (exact) mass is 396 g/mol. The lowest BCUT2D eigenvalue weighted by Crippen LogP contribution is -2.43. The highest BCUT2D eigenvalue weighted by atomic mass is 32.1. The molecule has 0 saturated carbocycles. The summed E-state index contributed by atoms with van der Waals surface area (Å²) in [5.74, 6) is 0.663. The maximum absolute atomic E-state index is 12.9. The van der Waals surface area contributed by atoms with Crippen LogP contribution in [0.15, 0.2) is 58.5 Å². The first-order valence-corrected chi connectivity index (χ1v) is 9.93. The van der Waals surface area contributed by atoms with Crippen LogP contribution in [0.1, 0.15) is 23.7 Å². The molecule has 0 radical (unpaired) electrons. The molecule has 0 spiro atoms. The van der Waals surface area contributed by atoms with Gasteiger partial charge in [0.05, 0.1) is 31.0 Å². The van der Waals surface area contributed by atoms with Gasteiger partial charge in [-0.05, 0) is 17.7 Å². The Labute approximate surface area is 166 Å². The molecular formula is C20H20N4O3S. The minimum atomic E-state index is -0.294. The van der Waals surface area contributed by atoms with Gasteiger partial charge in [0, 0.05) is 18.5 Å². The van der Waals surface area contributed by atoms with Gasteiger partial charge in [-0.3, -0.25) is 4.79 Å². The molecule has 1 aliphatic rings. The molecule has 7 nitrogen and oxygen atoms in total. The van der Waals surface area contributed by atoms with Gasteiger partial charge in [0.15, 0.2) is 10.8 Å². The Kier molecular flexibility index (Phi) is 5.38. The number of urea groups is 1. The number of carbonyl (C=O) groups is 2. The van der Waals surface area contributed by atoms with Crippen LogP contribution in [0, 0.1) is 0 Å². The van der Waals surface area contributed by atoms with Crippen LogP contribution in [0.3, 0.4) is 0 Å². The summed E-state index contributed by atoms with van der Waals surface area (Å²) in [5, 5.41) is 8.45. The van der Waals surface area contributed by atoms with Crippen LogP contribution in [-0.4, -0.2) is 34.9 Å². The normalized spacial score (nSPS) is 17.1. The van der Waals surface area contributed by atoms with Crippen molar-refractivity contribution in [3.63, 3.8) is 0 Å². The van der Waals surface area contributed by atoms with Gasteiger partial charge in [0.2, 0.25) is 5.91 Å². The first-order valence-electron chi connectivity index (χ1n) is 9.05. The van der Waals surface area contributed by atoms with Crippen LogP contribution in [0.5, 0.6) is 0 Å². The van der Waals surface area contributed by atoms with Gasteiger partial charge in [-0.2, -0.15) is 0 Å². The van der Waals surface area contributed by atoms with E-state index in [4.69, 9.17) is 4.42 Å². The van der Waals surface area contributed by atoms with Crippen LogP contribution < -0.4 is 10.6 Å². The van der Waals surface area contributed by atoms with Crippen molar-refractivity contribution >= 4 is 23.3 Å². The summed E-state index contributed by atoms with van der Waals surface area (Å²) in [6.07, 6.45) is 1.85. The largest absolute Gasteiger partial charge is 0.462 e. The number of hydrogen-bond acceptors (Lipinski definition) is 5. The van der Waals surface area contributed by atoms with Crippen LogP contribution in [-0.2, 0) is 11.3 Å². The molecule has 0 unspecified atom stereocenters. The molecule has 1 aliphatic heterocycles. The van der Waals surface area contributed by atoms with Crippen LogP contribution in [0.25, 0.3) is 10.8 Å². The second-order valence-corrected chi connectivity index (χ2v) is 7.31. The molecule has 0 bridgehead atoms. The minimum absolute atomic E-state index is 0.0493. The lowest BCUT2D eigenvalue weighted by atomic mass is 10.0. The molecular weight excluding hydrogens is 376 g/mol. The van der Waals surface area contributed by atoms with E-state index in [2.05, 4.69) is 15.6 Å². The van der Waals surface area contributed by atoms with Crippen molar-refractivity contribution in [3.05, 3.63) is 65.4 Å². The first kappa shape index (κ1) is 18.2. The van der Waals surface area contributed by atoms with E-state index < -0.39 is 0 Å². The topological polar surface area (TPSA) is 87.5 Å². The smallest absolute Gasteiger partial charge is 0.318 e. The van der Waals surface area contributed by atoms with E-state index >= 15 is 0 Å². The van der Waals surface area contributed by atoms with Crippen molar-refractivity contribution in [2.24, 2.45) is 0 Å². The number of carbonyl (C=O) groups excluding carboxylic acids is 2. The average molecular weight is 396 g/mol. The third kappa shape index (κ3) is 4.07. The summed E-state index contributed by atoms with van der Waals surface area (Å²) in [7, 11) is 0. The predicted octanol–water partition coefficient (Wildman–Crippen LogP) is 3.18. The Morgan fingerprint density at radius 3 is 2.93 bits per heavy atom. The van der Waals surface area contributed by atoms with E-state index in [9.17, 15) is 9.59 Å². The first-order chi connectivity index (χ1) is 13.7. The highest BCUT2D eigenvalue weighted by molar-refractivity contribution is 7.13. The quantitative estimate of drug-likeness (QED) is 0.709. The molecule has 0 aliphatic carbocycles. The molecule has 4 rings (SSSR count). The lowest BCUT2D eigenvalue weighted by Gasteiger charge is -2.29. The molecule has 1 atom stereocenters. The Morgan fingerprint density at radius 1 is 1.29 bits per heavy atom. The third-order valence-corrected chi connectivity index (χ3v) is 5.49. The van der Waals surface area contributed by atoms with Gasteiger partial charge >= 0.3 is 6.03 Å². The molecule has 1 fully saturated rings. The highest BCUT2D eigenvalue weighted by Crippen LogP contribution is 2.26. The fourth-order valence-corrected chi connectivity index (χ4v) is 4.00. The second kappa shape index (κ2) is 8.26. The fourth-order valence-electron chi connectivity index (χ4n) is 3.21. The van der Waals surface area contributed by atoms with Crippen molar-refractivity contribution < 1.29 is 14.0 Å². The van der Waals surface area contributed by atoms with Crippen molar-refractivity contribution in [2.75, 3.05) is 13.1 Å². The van der Waals surface area contributed by atoms with Crippen LogP contribution in [0.4, 0.5) is 4.79 Å². The molecule has 1 saturated heterocycles. The molecule has 3 aromatic rings. The maximum atomic E-state index is 12.9. The van der Waals surface area contributed by atoms with Crippen molar-refractivity contribution in [2.45, 2.75) is 19.0 Å². The summed E-state index contributed by atoms with van der Waals surface area (Å²) in [5.41, 5.74) is 1.72. The van der Waals surface area contributed by atoms with Crippen LogP contribution in [0.2, 0.25) is 0 Å².